The van der Waals surface area contributed by atoms with Crippen LogP contribution in [0, 0.1) is 0 Å². The largest absolute Gasteiger partial charge is 0.480 e. The number of hydrogen-bond donors (Lipinski definition) is 3. The summed E-state index contributed by atoms with van der Waals surface area (Å²) in [6.07, 6.45) is 1.89. The number of hydrogen-bond acceptors (Lipinski definition) is 4. The van der Waals surface area contributed by atoms with Crippen LogP contribution in [-0.4, -0.2) is 48.1 Å². The topological polar surface area (TPSA) is 78.4 Å². The summed E-state index contributed by atoms with van der Waals surface area (Å²) in [6.45, 7) is 1.44. The van der Waals surface area contributed by atoms with Crippen LogP contribution in [0.3, 0.4) is 0 Å². The molecule has 5 nitrogen and oxygen atoms in total. The molecule has 0 saturated carbocycles. The highest BCUT2D eigenvalue weighted by Crippen LogP contribution is 1.97. The smallest absolute Gasteiger partial charge is 0.325 e. The molecule has 0 heterocycles. The Morgan fingerprint density at radius 1 is 1.50 bits per heavy atom. The lowest BCUT2D eigenvalue weighted by Crippen LogP contribution is -2.49. The molecule has 0 saturated heterocycles. The molecule has 0 aliphatic rings. The van der Waals surface area contributed by atoms with Gasteiger partial charge in [0.25, 0.3) is 0 Å². The van der Waals surface area contributed by atoms with Gasteiger partial charge in [-0.05, 0) is 20.2 Å². The van der Waals surface area contributed by atoms with Crippen LogP contribution in [0.15, 0.2) is 0 Å². The molecule has 1 amide bonds. The van der Waals surface area contributed by atoms with Crippen LogP contribution < -0.4 is 10.6 Å². The summed E-state index contributed by atoms with van der Waals surface area (Å²) < 4.78 is 0. The molecule has 0 aromatic rings. The van der Waals surface area contributed by atoms with E-state index in [0.29, 0.717) is 5.75 Å². The van der Waals surface area contributed by atoms with E-state index in [1.165, 1.54) is 18.7 Å². The van der Waals surface area contributed by atoms with Gasteiger partial charge >= 0.3 is 5.97 Å². The Bertz CT molecular complexity index is 211. The van der Waals surface area contributed by atoms with E-state index in [-0.39, 0.29) is 11.9 Å². The summed E-state index contributed by atoms with van der Waals surface area (Å²) in [5, 5.41) is 13.8. The highest BCUT2D eigenvalue weighted by atomic mass is 32.2. The predicted molar refractivity (Wildman–Crippen MR) is 56.5 cm³/mol. The maximum absolute atomic E-state index is 11.4. The first-order chi connectivity index (χ1) is 6.52. The molecule has 6 heteroatoms. The van der Waals surface area contributed by atoms with Crippen LogP contribution in [0.2, 0.25) is 0 Å². The van der Waals surface area contributed by atoms with Crippen molar-refractivity contribution in [3.8, 4) is 0 Å². The Kier molecular flexibility index (Phi) is 6.31. The van der Waals surface area contributed by atoms with Gasteiger partial charge in [0.05, 0.1) is 6.04 Å². The van der Waals surface area contributed by atoms with Crippen molar-refractivity contribution in [2.45, 2.75) is 19.0 Å². The molecule has 14 heavy (non-hydrogen) atoms. The zero-order valence-electron chi connectivity index (χ0n) is 8.53. The van der Waals surface area contributed by atoms with E-state index < -0.39 is 12.0 Å². The third-order valence-corrected chi connectivity index (χ3v) is 2.39. The van der Waals surface area contributed by atoms with Crippen LogP contribution in [0.4, 0.5) is 0 Å². The quantitative estimate of drug-likeness (QED) is 0.564. The van der Waals surface area contributed by atoms with Gasteiger partial charge in [-0.25, -0.2) is 0 Å². The van der Waals surface area contributed by atoms with Crippen molar-refractivity contribution >= 4 is 23.6 Å². The van der Waals surface area contributed by atoms with Gasteiger partial charge in [-0.15, -0.1) is 0 Å². The third-order valence-electron chi connectivity index (χ3n) is 1.73. The van der Waals surface area contributed by atoms with Crippen molar-refractivity contribution in [2.75, 3.05) is 19.1 Å². The second-order valence-corrected chi connectivity index (χ2v) is 3.78. The molecular formula is C8H16N2O3S. The van der Waals surface area contributed by atoms with Gasteiger partial charge in [-0.1, -0.05) is 0 Å². The monoisotopic (exact) mass is 220 g/mol. The third kappa shape index (κ3) is 4.48. The molecule has 0 fully saturated rings. The van der Waals surface area contributed by atoms with E-state index >= 15 is 0 Å². The summed E-state index contributed by atoms with van der Waals surface area (Å²) in [4.78, 5) is 21.9. The number of carbonyl (C=O) groups excluding carboxylic acids is 1. The lowest BCUT2D eigenvalue weighted by atomic mass is 10.2. The maximum Gasteiger partial charge on any atom is 0.325 e. The molecule has 0 unspecified atom stereocenters. The molecule has 0 aliphatic heterocycles. The normalized spacial score (nSPS) is 14.5. The zero-order valence-corrected chi connectivity index (χ0v) is 9.35. The number of aliphatic carboxylic acids is 1. The Morgan fingerprint density at radius 3 is 2.43 bits per heavy atom. The average molecular weight is 220 g/mol. The van der Waals surface area contributed by atoms with Crippen molar-refractivity contribution in [1.29, 1.82) is 0 Å². The first-order valence-electron chi connectivity index (χ1n) is 4.22. The van der Waals surface area contributed by atoms with Crippen LogP contribution in [0.25, 0.3) is 0 Å². The lowest BCUT2D eigenvalue weighted by Gasteiger charge is -2.16. The van der Waals surface area contributed by atoms with Crippen molar-refractivity contribution in [2.24, 2.45) is 0 Å². The molecule has 0 radical (unpaired) electrons. The maximum atomic E-state index is 11.4. The summed E-state index contributed by atoms with van der Waals surface area (Å²) in [6, 6.07) is -1.19. The van der Waals surface area contributed by atoms with E-state index in [9.17, 15) is 9.59 Å². The lowest BCUT2D eigenvalue weighted by molar-refractivity contribution is -0.141. The second kappa shape index (κ2) is 6.67. The number of carboxylic acid groups (broad SMARTS) is 1. The molecule has 0 rings (SSSR count). The fourth-order valence-corrected chi connectivity index (χ4v) is 1.48. The molecular weight excluding hydrogens is 204 g/mol. The number of carbonyl (C=O) groups is 2. The van der Waals surface area contributed by atoms with Crippen LogP contribution in [-0.2, 0) is 9.59 Å². The summed E-state index contributed by atoms with van der Waals surface area (Å²) >= 11 is 1.53. The first-order valence-corrected chi connectivity index (χ1v) is 5.61. The number of thioether (sulfide) groups is 1. The van der Waals surface area contributed by atoms with Gasteiger partial charge in [-0.3, -0.25) is 9.59 Å². The highest BCUT2D eigenvalue weighted by Gasteiger charge is 2.20. The van der Waals surface area contributed by atoms with E-state index in [4.69, 9.17) is 5.11 Å². The highest BCUT2D eigenvalue weighted by molar-refractivity contribution is 7.98. The molecule has 0 bridgehead atoms. The van der Waals surface area contributed by atoms with Crippen molar-refractivity contribution < 1.29 is 14.7 Å². The molecule has 0 aliphatic carbocycles. The second-order valence-electron chi connectivity index (χ2n) is 2.87. The molecule has 0 aromatic carbocycles. The van der Waals surface area contributed by atoms with Crippen LogP contribution >= 0.6 is 11.8 Å². The minimum atomic E-state index is -1.03. The zero-order chi connectivity index (χ0) is 11.1. The Labute approximate surface area is 87.6 Å². The fraction of sp³-hybridized carbons (Fsp3) is 0.750. The Balaban J connectivity index is 4.09. The number of carboxylic acids is 1. The van der Waals surface area contributed by atoms with E-state index in [1.54, 1.807) is 7.05 Å². The van der Waals surface area contributed by atoms with Gasteiger partial charge < -0.3 is 15.7 Å². The summed E-state index contributed by atoms with van der Waals surface area (Å²) in [7, 11) is 1.67. The standard InChI is InChI=1S/C8H16N2O3S/c1-5(8(12)13)10-7(11)6(9-2)4-14-3/h5-6,9H,4H2,1-3H3,(H,10,11)(H,12,13)/t5-,6-/m0/s1. The van der Waals surface area contributed by atoms with Crippen LogP contribution in [0.1, 0.15) is 6.92 Å². The molecule has 3 N–H and O–H groups in total. The number of likely N-dealkylation sites (N-methyl/N-ethyl adjacent to an activating group) is 1. The average Bonchev–Trinajstić information content (AvgIpc) is 2.13. The number of nitrogens with one attached hydrogen (secondary N) is 2. The van der Waals surface area contributed by atoms with Gasteiger partial charge in [-0.2, -0.15) is 11.8 Å². The SMILES string of the molecule is CN[C@@H](CSC)C(=O)N[C@@H](C)C(=O)O. The van der Waals surface area contributed by atoms with Crippen molar-refractivity contribution in [3.05, 3.63) is 0 Å². The van der Waals surface area contributed by atoms with E-state index in [1.807, 2.05) is 6.26 Å². The fourth-order valence-electron chi connectivity index (χ4n) is 0.832. The first kappa shape index (κ1) is 13.2. The minimum absolute atomic E-state index is 0.281. The molecule has 0 aromatic heterocycles. The van der Waals surface area contributed by atoms with Crippen molar-refractivity contribution in [1.82, 2.24) is 10.6 Å². The molecule has 82 valence electrons. The minimum Gasteiger partial charge on any atom is -0.480 e. The predicted octanol–water partition coefficient (Wildman–Crippen LogP) is -0.473. The summed E-state index contributed by atoms with van der Waals surface area (Å²) in [5.74, 6) is -0.691. The summed E-state index contributed by atoms with van der Waals surface area (Å²) in [5.41, 5.74) is 0. The Hall–Kier alpha value is -0.750. The van der Waals surface area contributed by atoms with Gasteiger partial charge in [0.15, 0.2) is 0 Å². The van der Waals surface area contributed by atoms with Gasteiger partial charge in [0.2, 0.25) is 5.91 Å². The molecule has 0 spiro atoms. The number of amides is 1. The van der Waals surface area contributed by atoms with Crippen molar-refractivity contribution in [3.63, 3.8) is 0 Å². The van der Waals surface area contributed by atoms with Gasteiger partial charge in [0.1, 0.15) is 6.04 Å². The van der Waals surface area contributed by atoms with E-state index in [0.717, 1.165) is 0 Å². The Morgan fingerprint density at radius 2 is 2.07 bits per heavy atom. The van der Waals surface area contributed by atoms with E-state index in [2.05, 4.69) is 10.6 Å². The van der Waals surface area contributed by atoms with Crippen LogP contribution in [0.5, 0.6) is 0 Å². The van der Waals surface area contributed by atoms with Gasteiger partial charge in [0, 0.05) is 5.75 Å². The molecule has 2 atom stereocenters. The number of rotatable bonds is 6.